The molecule has 0 atom stereocenters. The average molecular weight is 564 g/mol. The van der Waals surface area contributed by atoms with E-state index in [4.69, 9.17) is 4.74 Å². The molecule has 0 heterocycles. The summed E-state index contributed by atoms with van der Waals surface area (Å²) < 4.78 is 32.1. The Hall–Kier alpha value is -4.95. The highest BCUT2D eigenvalue weighted by Crippen LogP contribution is 2.22. The molecule has 5 aromatic rings. The molecular weight excluding hydrogens is 534 g/mol. The number of hydrogen-bond acceptors (Lipinski definition) is 5. The topological polar surface area (TPSA) is 88.1 Å². The van der Waals surface area contributed by atoms with Gasteiger partial charge < -0.3 is 4.74 Å². The van der Waals surface area contributed by atoms with Gasteiger partial charge in [0.1, 0.15) is 12.4 Å². The summed E-state index contributed by atoms with van der Waals surface area (Å²) in [7, 11) is -3.52. The molecule has 0 aliphatic heterocycles. The van der Waals surface area contributed by atoms with E-state index in [1.165, 1.54) is 15.1 Å². The predicted molar refractivity (Wildman–Crippen MR) is 164 cm³/mol. The van der Waals surface area contributed by atoms with Gasteiger partial charge in [-0.15, -0.1) is 0 Å². The lowest BCUT2D eigenvalue weighted by Gasteiger charge is -2.22. The fourth-order valence-electron chi connectivity index (χ4n) is 4.30. The normalized spacial score (nSPS) is 11.4. The maximum absolute atomic E-state index is 12.6. The minimum Gasteiger partial charge on any atom is -0.489 e. The van der Waals surface area contributed by atoms with Crippen molar-refractivity contribution in [3.8, 4) is 5.75 Å². The Bertz CT molecular complexity index is 1770. The standard InChI is InChI=1S/C33H29N3O4S/c1-41(38,39)36(23-26-7-3-2-4-8-26)31-17-15-29(16-18-31)33(37)35-34-22-25-12-19-32(20-13-25)40-24-27-11-14-28-9-5-6-10-30(28)21-27/h2-22H,23-24H2,1H3,(H,35,37)/b34-22-. The largest absolute Gasteiger partial charge is 0.489 e. The van der Waals surface area contributed by atoms with Crippen molar-refractivity contribution in [3.05, 3.63) is 144 Å². The summed E-state index contributed by atoms with van der Waals surface area (Å²) >= 11 is 0. The predicted octanol–water partition coefficient (Wildman–Crippen LogP) is 6.15. The maximum Gasteiger partial charge on any atom is 0.271 e. The number of nitrogens with one attached hydrogen (secondary N) is 1. The summed E-state index contributed by atoms with van der Waals surface area (Å²) in [6.07, 6.45) is 2.71. The molecule has 0 aromatic heterocycles. The van der Waals surface area contributed by atoms with Gasteiger partial charge in [0.15, 0.2) is 0 Å². The Labute approximate surface area is 239 Å². The molecule has 1 N–H and O–H groups in total. The third-order valence-corrected chi connectivity index (χ3v) is 7.61. The lowest BCUT2D eigenvalue weighted by molar-refractivity contribution is 0.0955. The van der Waals surface area contributed by atoms with Crippen molar-refractivity contribution in [2.24, 2.45) is 5.10 Å². The van der Waals surface area contributed by atoms with E-state index in [2.05, 4.69) is 40.9 Å². The molecule has 5 aromatic carbocycles. The molecule has 0 bridgehead atoms. The number of carbonyl (C=O) groups is 1. The summed E-state index contributed by atoms with van der Waals surface area (Å²) in [5, 5.41) is 6.42. The second-order valence-corrected chi connectivity index (χ2v) is 11.4. The molecule has 0 saturated carbocycles. The summed E-state index contributed by atoms with van der Waals surface area (Å²) in [5.41, 5.74) is 6.08. The van der Waals surface area contributed by atoms with Crippen LogP contribution >= 0.6 is 0 Å². The zero-order valence-corrected chi connectivity index (χ0v) is 23.3. The summed E-state index contributed by atoms with van der Waals surface area (Å²) in [4.78, 5) is 12.6. The van der Waals surface area contributed by atoms with Gasteiger partial charge in [-0.3, -0.25) is 9.10 Å². The van der Waals surface area contributed by atoms with Gasteiger partial charge in [0.25, 0.3) is 5.91 Å². The van der Waals surface area contributed by atoms with Crippen LogP contribution in [0.5, 0.6) is 5.75 Å². The summed E-state index contributed by atoms with van der Waals surface area (Å²) in [5.74, 6) is 0.326. The third-order valence-electron chi connectivity index (χ3n) is 6.47. The smallest absolute Gasteiger partial charge is 0.271 e. The molecule has 1 amide bonds. The number of benzene rings is 5. The number of amides is 1. The molecule has 0 saturated heterocycles. The number of rotatable bonds is 10. The van der Waals surface area contributed by atoms with Crippen molar-refractivity contribution in [2.75, 3.05) is 10.6 Å². The second kappa shape index (κ2) is 12.5. The average Bonchev–Trinajstić information content (AvgIpc) is 2.99. The van der Waals surface area contributed by atoms with Crippen molar-refractivity contribution in [2.45, 2.75) is 13.2 Å². The van der Waals surface area contributed by atoms with Crippen molar-refractivity contribution < 1.29 is 17.9 Å². The van der Waals surface area contributed by atoms with E-state index in [9.17, 15) is 13.2 Å². The first-order valence-electron chi connectivity index (χ1n) is 13.0. The number of fused-ring (bicyclic) bond motifs is 1. The highest BCUT2D eigenvalue weighted by molar-refractivity contribution is 7.92. The van der Waals surface area contributed by atoms with Crippen LogP contribution in [0.1, 0.15) is 27.0 Å². The van der Waals surface area contributed by atoms with Gasteiger partial charge in [0.2, 0.25) is 10.0 Å². The van der Waals surface area contributed by atoms with Crippen LogP contribution in [-0.2, 0) is 23.2 Å². The van der Waals surface area contributed by atoms with E-state index < -0.39 is 15.9 Å². The Morgan fingerprint density at radius 1 is 0.805 bits per heavy atom. The quantitative estimate of drug-likeness (QED) is 0.163. The Morgan fingerprint density at radius 2 is 1.49 bits per heavy atom. The molecule has 7 nitrogen and oxygen atoms in total. The maximum atomic E-state index is 12.6. The first-order chi connectivity index (χ1) is 19.8. The van der Waals surface area contributed by atoms with Gasteiger partial charge >= 0.3 is 0 Å². The number of hydrazone groups is 1. The van der Waals surface area contributed by atoms with Gasteiger partial charge in [0.05, 0.1) is 24.7 Å². The summed E-state index contributed by atoms with van der Waals surface area (Å²) in [6.45, 7) is 0.657. The molecule has 5 rings (SSSR count). The van der Waals surface area contributed by atoms with Crippen molar-refractivity contribution >= 4 is 38.6 Å². The molecule has 0 unspecified atom stereocenters. The van der Waals surface area contributed by atoms with Crippen LogP contribution in [-0.4, -0.2) is 26.8 Å². The molecule has 0 spiro atoms. The van der Waals surface area contributed by atoms with Crippen LogP contribution < -0.4 is 14.5 Å². The SMILES string of the molecule is CS(=O)(=O)N(Cc1ccccc1)c1ccc(C(=O)N/N=C\c2ccc(OCc3ccc4ccccc4c3)cc2)cc1. The fourth-order valence-corrected chi connectivity index (χ4v) is 5.19. The van der Waals surface area contributed by atoms with Crippen molar-refractivity contribution in [1.29, 1.82) is 0 Å². The molecule has 0 radical (unpaired) electrons. The van der Waals surface area contributed by atoms with E-state index in [0.29, 0.717) is 17.9 Å². The van der Waals surface area contributed by atoms with Crippen molar-refractivity contribution in [3.63, 3.8) is 0 Å². The van der Waals surface area contributed by atoms with Crippen LogP contribution in [0.2, 0.25) is 0 Å². The van der Waals surface area contributed by atoms with Gasteiger partial charge in [-0.05, 0) is 82.1 Å². The number of sulfonamides is 1. The van der Waals surface area contributed by atoms with Gasteiger partial charge in [-0.25, -0.2) is 13.8 Å². The lowest BCUT2D eigenvalue weighted by Crippen LogP contribution is -2.29. The van der Waals surface area contributed by atoms with E-state index in [1.807, 2.05) is 66.7 Å². The number of hydrogen-bond donors (Lipinski definition) is 1. The number of nitrogens with zero attached hydrogens (tertiary/aromatic N) is 2. The van der Waals surface area contributed by atoms with Crippen LogP contribution in [0.25, 0.3) is 10.8 Å². The first-order valence-corrected chi connectivity index (χ1v) is 14.9. The van der Waals surface area contributed by atoms with Crippen LogP contribution in [0.3, 0.4) is 0 Å². The van der Waals surface area contributed by atoms with E-state index in [1.54, 1.807) is 30.5 Å². The fraction of sp³-hybridized carbons (Fsp3) is 0.0909. The van der Waals surface area contributed by atoms with E-state index in [-0.39, 0.29) is 6.54 Å². The second-order valence-electron chi connectivity index (χ2n) is 9.54. The lowest BCUT2D eigenvalue weighted by atomic mass is 10.1. The van der Waals surface area contributed by atoms with Crippen molar-refractivity contribution in [1.82, 2.24) is 5.43 Å². The molecule has 0 aliphatic carbocycles. The third kappa shape index (κ3) is 7.38. The summed E-state index contributed by atoms with van der Waals surface area (Å²) in [6, 6.07) is 37.6. The first kappa shape index (κ1) is 27.6. The number of ether oxygens (including phenoxy) is 1. The molecule has 8 heteroatoms. The Kier molecular flexibility index (Phi) is 8.41. The highest BCUT2D eigenvalue weighted by atomic mass is 32.2. The monoisotopic (exact) mass is 563 g/mol. The molecule has 41 heavy (non-hydrogen) atoms. The minimum absolute atomic E-state index is 0.197. The zero-order chi connectivity index (χ0) is 28.7. The number of carbonyl (C=O) groups excluding carboxylic acids is 1. The number of anilines is 1. The highest BCUT2D eigenvalue weighted by Gasteiger charge is 2.18. The van der Waals surface area contributed by atoms with Gasteiger partial charge in [0, 0.05) is 5.56 Å². The minimum atomic E-state index is -3.52. The molecule has 0 aliphatic rings. The molecule has 0 fully saturated rings. The van der Waals surface area contributed by atoms with Crippen LogP contribution in [0, 0.1) is 0 Å². The Morgan fingerprint density at radius 3 is 2.20 bits per heavy atom. The molecular formula is C33H29N3O4S. The van der Waals surface area contributed by atoms with E-state index >= 15 is 0 Å². The van der Waals surface area contributed by atoms with Gasteiger partial charge in [-0.1, -0.05) is 66.7 Å². The zero-order valence-electron chi connectivity index (χ0n) is 22.5. The molecule has 206 valence electrons. The van der Waals surface area contributed by atoms with E-state index in [0.717, 1.165) is 28.7 Å². The van der Waals surface area contributed by atoms with Crippen LogP contribution in [0.15, 0.2) is 126 Å². The Balaban J connectivity index is 1.15. The van der Waals surface area contributed by atoms with Crippen LogP contribution in [0.4, 0.5) is 5.69 Å². The van der Waals surface area contributed by atoms with Gasteiger partial charge in [-0.2, -0.15) is 5.10 Å².